The van der Waals surface area contributed by atoms with Gasteiger partial charge in [-0.3, -0.25) is 4.99 Å². The number of benzene rings is 1. The molecule has 0 radical (unpaired) electrons. The highest BCUT2D eigenvalue weighted by molar-refractivity contribution is 5.71. The lowest BCUT2D eigenvalue weighted by molar-refractivity contribution is 0.414. The lowest BCUT2D eigenvalue weighted by Gasteiger charge is -2.06. The second-order valence-electron chi connectivity index (χ2n) is 3.23. The van der Waals surface area contributed by atoms with Gasteiger partial charge in [0.25, 0.3) is 0 Å². The Morgan fingerprint density at radius 3 is 2.69 bits per heavy atom. The van der Waals surface area contributed by atoms with Crippen molar-refractivity contribution in [3.05, 3.63) is 41.7 Å². The van der Waals surface area contributed by atoms with Crippen molar-refractivity contribution in [3.8, 4) is 5.75 Å². The average Bonchev–Trinajstić information content (AvgIpc) is 2.34. The van der Waals surface area contributed by atoms with Crippen molar-refractivity contribution in [2.24, 2.45) is 10.7 Å². The van der Waals surface area contributed by atoms with Crippen LogP contribution in [0.1, 0.15) is 5.56 Å². The van der Waals surface area contributed by atoms with Crippen LogP contribution in [0.25, 0.3) is 0 Å². The van der Waals surface area contributed by atoms with Gasteiger partial charge in [0.2, 0.25) is 0 Å². The minimum atomic E-state index is 0.599. The first-order valence-corrected chi connectivity index (χ1v) is 5.01. The Morgan fingerprint density at radius 2 is 2.12 bits per heavy atom. The number of nitrogens with one attached hydrogen (secondary N) is 1. The molecule has 0 fully saturated rings. The van der Waals surface area contributed by atoms with Crippen LogP contribution in [-0.2, 0) is 6.54 Å². The quantitative estimate of drug-likeness (QED) is 0.733. The Bertz CT molecular complexity index is 368. The molecular weight excluding hydrogens is 202 g/mol. The molecule has 86 valence electrons. The van der Waals surface area contributed by atoms with Crippen LogP contribution in [0.5, 0.6) is 5.75 Å². The molecule has 0 spiro atoms. The predicted molar refractivity (Wildman–Crippen MR) is 66.5 cm³/mol. The largest absolute Gasteiger partial charge is 0.497 e. The lowest BCUT2D eigenvalue weighted by Crippen LogP contribution is -2.19. The maximum atomic E-state index is 5.70. The summed E-state index contributed by atoms with van der Waals surface area (Å²) < 4.78 is 5.07. The fourth-order valence-electron chi connectivity index (χ4n) is 1.16. The molecule has 0 atom stereocenters. The van der Waals surface area contributed by atoms with Crippen LogP contribution in [0.15, 0.2) is 41.2 Å². The van der Waals surface area contributed by atoms with E-state index in [1.165, 1.54) is 0 Å². The zero-order valence-corrected chi connectivity index (χ0v) is 9.60. The second kappa shape index (κ2) is 6.50. The van der Waals surface area contributed by atoms with Gasteiger partial charge in [-0.15, -0.1) is 0 Å². The molecule has 0 unspecified atom stereocenters. The summed E-state index contributed by atoms with van der Waals surface area (Å²) in [5.41, 5.74) is 6.84. The molecule has 16 heavy (non-hydrogen) atoms. The molecule has 4 nitrogen and oxygen atoms in total. The molecule has 0 aliphatic heterocycles. The van der Waals surface area contributed by atoms with E-state index in [1.807, 2.05) is 24.3 Å². The average molecular weight is 219 g/mol. The number of hydrogen-bond donors (Lipinski definition) is 2. The summed E-state index contributed by atoms with van der Waals surface area (Å²) in [5, 5.41) is 3.08. The number of hydrogen-bond acceptors (Lipinski definition) is 4. The molecule has 0 saturated carbocycles. The van der Waals surface area contributed by atoms with E-state index < -0.39 is 0 Å². The molecule has 0 aliphatic rings. The van der Waals surface area contributed by atoms with Gasteiger partial charge in [0.1, 0.15) is 5.75 Å². The minimum absolute atomic E-state index is 0.599. The first kappa shape index (κ1) is 12.1. The fraction of sp³-hybridized carbons (Fsp3) is 0.250. The third-order valence-electron chi connectivity index (χ3n) is 2.06. The van der Waals surface area contributed by atoms with Crippen LogP contribution in [-0.4, -0.2) is 20.4 Å². The summed E-state index contributed by atoms with van der Waals surface area (Å²) in [7, 11) is 3.35. The summed E-state index contributed by atoms with van der Waals surface area (Å²) in [6.45, 7) is 0.684. The van der Waals surface area contributed by atoms with Crippen LogP contribution in [0.3, 0.4) is 0 Å². The van der Waals surface area contributed by atoms with Gasteiger partial charge in [0, 0.05) is 19.8 Å². The van der Waals surface area contributed by atoms with E-state index in [0.29, 0.717) is 12.4 Å². The molecule has 0 saturated heterocycles. The van der Waals surface area contributed by atoms with Crippen molar-refractivity contribution in [1.29, 1.82) is 0 Å². The molecule has 1 aromatic rings. The van der Waals surface area contributed by atoms with Gasteiger partial charge >= 0.3 is 0 Å². The number of rotatable bonds is 5. The van der Waals surface area contributed by atoms with Crippen LogP contribution in [0.2, 0.25) is 0 Å². The van der Waals surface area contributed by atoms with E-state index in [9.17, 15) is 0 Å². The van der Waals surface area contributed by atoms with Gasteiger partial charge in [-0.25, -0.2) is 0 Å². The highest BCUT2D eigenvalue weighted by atomic mass is 16.5. The molecule has 4 heteroatoms. The van der Waals surface area contributed by atoms with E-state index in [2.05, 4.69) is 10.3 Å². The van der Waals surface area contributed by atoms with E-state index in [-0.39, 0.29) is 0 Å². The molecule has 0 aromatic heterocycles. The Labute approximate surface area is 95.8 Å². The van der Waals surface area contributed by atoms with Crippen molar-refractivity contribution < 1.29 is 4.74 Å². The number of allylic oxidation sites excluding steroid dienone is 1. The first-order chi connectivity index (χ1) is 7.76. The molecule has 1 rings (SSSR count). The molecule has 3 N–H and O–H groups in total. The molecule has 0 aliphatic carbocycles. The topological polar surface area (TPSA) is 59.6 Å². The zero-order valence-electron chi connectivity index (χ0n) is 9.60. The number of nitrogens with zero attached hydrogens (tertiary/aromatic N) is 1. The molecule has 0 heterocycles. The smallest absolute Gasteiger partial charge is 0.118 e. The summed E-state index contributed by atoms with van der Waals surface area (Å²) in [5.74, 6) is 1.45. The Hall–Kier alpha value is -1.97. The van der Waals surface area contributed by atoms with Crippen LogP contribution < -0.4 is 15.8 Å². The Balaban J connectivity index is 2.48. The van der Waals surface area contributed by atoms with Crippen molar-refractivity contribution in [1.82, 2.24) is 5.32 Å². The SMILES string of the molecule is C/N=C\C=C(\N)NCc1ccc(OC)cc1. The predicted octanol–water partition coefficient (Wildman–Crippen LogP) is 1.29. The Morgan fingerprint density at radius 1 is 1.44 bits per heavy atom. The maximum absolute atomic E-state index is 5.70. The van der Waals surface area contributed by atoms with Crippen LogP contribution >= 0.6 is 0 Å². The summed E-state index contributed by atoms with van der Waals surface area (Å²) in [6, 6.07) is 7.83. The van der Waals surface area contributed by atoms with Crippen molar-refractivity contribution in [3.63, 3.8) is 0 Å². The van der Waals surface area contributed by atoms with Crippen molar-refractivity contribution >= 4 is 6.21 Å². The normalized spacial score (nSPS) is 11.8. The summed E-state index contributed by atoms with van der Waals surface area (Å²) >= 11 is 0. The van der Waals surface area contributed by atoms with Gasteiger partial charge in [-0.2, -0.15) is 0 Å². The summed E-state index contributed by atoms with van der Waals surface area (Å²) in [6.07, 6.45) is 3.37. The van der Waals surface area contributed by atoms with Gasteiger partial charge in [-0.1, -0.05) is 12.1 Å². The third-order valence-corrected chi connectivity index (χ3v) is 2.06. The van der Waals surface area contributed by atoms with Crippen molar-refractivity contribution in [2.75, 3.05) is 14.2 Å². The lowest BCUT2D eigenvalue weighted by atomic mass is 10.2. The van der Waals surface area contributed by atoms with Crippen LogP contribution in [0.4, 0.5) is 0 Å². The highest BCUT2D eigenvalue weighted by Crippen LogP contribution is 2.10. The number of ether oxygens (including phenoxy) is 1. The third kappa shape index (κ3) is 4.04. The first-order valence-electron chi connectivity index (χ1n) is 5.01. The highest BCUT2D eigenvalue weighted by Gasteiger charge is 1.94. The Kier molecular flexibility index (Phi) is 4.92. The minimum Gasteiger partial charge on any atom is -0.497 e. The maximum Gasteiger partial charge on any atom is 0.118 e. The van der Waals surface area contributed by atoms with Gasteiger partial charge in [0.15, 0.2) is 0 Å². The monoisotopic (exact) mass is 219 g/mol. The number of nitrogens with two attached hydrogens (primary N) is 1. The standard InChI is InChI=1S/C12H17N3O/c1-14-8-7-12(13)15-9-10-3-5-11(16-2)6-4-10/h3-8,15H,9,13H2,1-2H3/b12-7-,14-8-. The molecule has 0 amide bonds. The van der Waals surface area contributed by atoms with E-state index in [4.69, 9.17) is 10.5 Å². The van der Waals surface area contributed by atoms with E-state index in [0.717, 1.165) is 11.3 Å². The number of aliphatic imine (C=N–C) groups is 1. The summed E-state index contributed by atoms with van der Waals surface area (Å²) in [4.78, 5) is 3.82. The van der Waals surface area contributed by atoms with Gasteiger partial charge < -0.3 is 15.8 Å². The molecule has 0 bridgehead atoms. The van der Waals surface area contributed by atoms with Gasteiger partial charge in [-0.05, 0) is 23.8 Å². The zero-order chi connectivity index (χ0) is 11.8. The van der Waals surface area contributed by atoms with Gasteiger partial charge in [0.05, 0.1) is 12.9 Å². The van der Waals surface area contributed by atoms with E-state index >= 15 is 0 Å². The fourth-order valence-corrected chi connectivity index (χ4v) is 1.16. The molecule has 1 aromatic carbocycles. The van der Waals surface area contributed by atoms with Crippen molar-refractivity contribution in [2.45, 2.75) is 6.54 Å². The molecular formula is C12H17N3O. The second-order valence-corrected chi connectivity index (χ2v) is 3.23. The van der Waals surface area contributed by atoms with E-state index in [1.54, 1.807) is 26.4 Å². The van der Waals surface area contributed by atoms with Crippen LogP contribution in [0, 0.1) is 0 Å². The number of methoxy groups -OCH3 is 1.